The van der Waals surface area contributed by atoms with Gasteiger partial charge in [0.1, 0.15) is 6.54 Å². The molecule has 0 bridgehead atoms. The molecule has 1 fully saturated rings. The third kappa shape index (κ3) is 6.64. The van der Waals surface area contributed by atoms with Gasteiger partial charge in [0, 0.05) is 27.5 Å². The summed E-state index contributed by atoms with van der Waals surface area (Å²) in [6.07, 6.45) is 2.54. The Bertz CT molecular complexity index is 1150. The number of hydrogen-bond donors (Lipinski definition) is 0. The molecule has 0 spiro atoms. The van der Waals surface area contributed by atoms with E-state index in [1.165, 1.54) is 0 Å². The standard InChI is InChI=1S/C27H29BrN2O4S/c1-33-24-12-5-19(16-25(24)34-2)13-14-29(17-23-4-3-15-35-23)26(31)18-30(22-10-11-22)27(32)20-6-8-21(28)9-7-20/h3-9,12,15-16,22H,10-11,13-14,17-18H2,1-2H3. The Morgan fingerprint density at radius 1 is 1.03 bits per heavy atom. The minimum Gasteiger partial charge on any atom is -0.493 e. The van der Waals surface area contributed by atoms with E-state index in [-0.39, 0.29) is 24.4 Å². The molecule has 0 radical (unpaired) electrons. The van der Waals surface area contributed by atoms with Crippen LogP contribution in [0.3, 0.4) is 0 Å². The summed E-state index contributed by atoms with van der Waals surface area (Å²) in [5.74, 6) is 1.20. The summed E-state index contributed by atoms with van der Waals surface area (Å²) in [7, 11) is 3.23. The van der Waals surface area contributed by atoms with Gasteiger partial charge in [-0.1, -0.05) is 28.1 Å². The summed E-state index contributed by atoms with van der Waals surface area (Å²) >= 11 is 5.04. The summed E-state index contributed by atoms with van der Waals surface area (Å²) in [5.41, 5.74) is 1.65. The molecule has 184 valence electrons. The van der Waals surface area contributed by atoms with Gasteiger partial charge in [-0.3, -0.25) is 9.59 Å². The van der Waals surface area contributed by atoms with Crippen LogP contribution < -0.4 is 9.47 Å². The third-order valence-electron chi connectivity index (χ3n) is 6.04. The Balaban J connectivity index is 1.48. The van der Waals surface area contributed by atoms with Gasteiger partial charge in [0.15, 0.2) is 11.5 Å². The lowest BCUT2D eigenvalue weighted by Gasteiger charge is -2.28. The number of rotatable bonds is 11. The molecule has 0 unspecified atom stereocenters. The summed E-state index contributed by atoms with van der Waals surface area (Å²) in [6.45, 7) is 1.14. The molecule has 8 heteroatoms. The predicted octanol–water partition coefficient (Wildman–Crippen LogP) is 5.40. The van der Waals surface area contributed by atoms with Gasteiger partial charge >= 0.3 is 0 Å². The Morgan fingerprint density at radius 3 is 2.40 bits per heavy atom. The number of methoxy groups -OCH3 is 2. The van der Waals surface area contributed by atoms with Crippen molar-refractivity contribution < 1.29 is 19.1 Å². The maximum Gasteiger partial charge on any atom is 0.254 e. The number of hydrogen-bond acceptors (Lipinski definition) is 5. The van der Waals surface area contributed by atoms with Crippen molar-refractivity contribution in [2.75, 3.05) is 27.3 Å². The van der Waals surface area contributed by atoms with E-state index in [0.29, 0.717) is 36.6 Å². The van der Waals surface area contributed by atoms with Gasteiger partial charge in [0.2, 0.25) is 5.91 Å². The van der Waals surface area contributed by atoms with Crippen molar-refractivity contribution >= 4 is 39.1 Å². The van der Waals surface area contributed by atoms with E-state index in [4.69, 9.17) is 9.47 Å². The quantitative estimate of drug-likeness (QED) is 0.317. The second kappa shape index (κ2) is 11.7. The predicted molar refractivity (Wildman–Crippen MR) is 141 cm³/mol. The second-order valence-electron chi connectivity index (χ2n) is 8.51. The molecule has 35 heavy (non-hydrogen) atoms. The van der Waals surface area contributed by atoms with E-state index >= 15 is 0 Å². The number of halogens is 1. The first kappa shape index (κ1) is 25.3. The number of nitrogens with zero attached hydrogens (tertiary/aromatic N) is 2. The zero-order chi connectivity index (χ0) is 24.8. The lowest BCUT2D eigenvalue weighted by molar-refractivity contribution is -0.132. The van der Waals surface area contributed by atoms with Gasteiger partial charge < -0.3 is 19.3 Å². The van der Waals surface area contributed by atoms with Crippen LogP contribution in [-0.2, 0) is 17.8 Å². The van der Waals surface area contributed by atoms with Gasteiger partial charge in [0.25, 0.3) is 5.91 Å². The van der Waals surface area contributed by atoms with Gasteiger partial charge in [-0.05, 0) is 72.7 Å². The van der Waals surface area contributed by atoms with Crippen LogP contribution in [0.15, 0.2) is 64.5 Å². The smallest absolute Gasteiger partial charge is 0.254 e. The van der Waals surface area contributed by atoms with Crippen molar-refractivity contribution in [1.29, 1.82) is 0 Å². The first-order valence-corrected chi connectivity index (χ1v) is 13.2. The minimum atomic E-state index is -0.0932. The molecule has 0 N–H and O–H groups in total. The summed E-state index contributed by atoms with van der Waals surface area (Å²) in [4.78, 5) is 31.5. The van der Waals surface area contributed by atoms with E-state index in [1.54, 1.807) is 42.6 Å². The highest BCUT2D eigenvalue weighted by Crippen LogP contribution is 2.30. The average molecular weight is 558 g/mol. The van der Waals surface area contributed by atoms with Crippen molar-refractivity contribution in [3.8, 4) is 11.5 Å². The molecular formula is C27H29BrN2O4S. The molecule has 2 amide bonds. The fraction of sp³-hybridized carbons (Fsp3) is 0.333. The van der Waals surface area contributed by atoms with Crippen molar-refractivity contribution in [1.82, 2.24) is 9.80 Å². The van der Waals surface area contributed by atoms with E-state index in [9.17, 15) is 9.59 Å². The maximum absolute atomic E-state index is 13.5. The maximum atomic E-state index is 13.5. The lowest BCUT2D eigenvalue weighted by atomic mass is 10.1. The topological polar surface area (TPSA) is 59.1 Å². The van der Waals surface area contributed by atoms with E-state index in [2.05, 4.69) is 15.9 Å². The number of amides is 2. The minimum absolute atomic E-state index is 0.0451. The fourth-order valence-corrected chi connectivity index (χ4v) is 4.92. The van der Waals surface area contributed by atoms with Crippen molar-refractivity contribution in [3.63, 3.8) is 0 Å². The van der Waals surface area contributed by atoms with Crippen molar-refractivity contribution in [2.24, 2.45) is 0 Å². The number of carbonyl (C=O) groups is 2. The van der Waals surface area contributed by atoms with Gasteiger partial charge in [-0.25, -0.2) is 0 Å². The number of benzene rings is 2. The van der Waals surface area contributed by atoms with Gasteiger partial charge in [-0.2, -0.15) is 0 Å². The molecule has 4 rings (SSSR count). The van der Waals surface area contributed by atoms with Crippen molar-refractivity contribution in [2.45, 2.75) is 31.8 Å². The third-order valence-corrected chi connectivity index (χ3v) is 7.43. The Kier molecular flexibility index (Phi) is 8.46. The van der Waals surface area contributed by atoms with E-state index in [1.807, 2.05) is 52.7 Å². The van der Waals surface area contributed by atoms with Gasteiger partial charge in [0.05, 0.1) is 20.8 Å². The van der Waals surface area contributed by atoms with Crippen LogP contribution in [0.2, 0.25) is 0 Å². The monoisotopic (exact) mass is 556 g/mol. The molecule has 1 heterocycles. The van der Waals surface area contributed by atoms with Crippen LogP contribution in [0.1, 0.15) is 33.6 Å². The van der Waals surface area contributed by atoms with Crippen molar-refractivity contribution in [3.05, 3.63) is 80.5 Å². The zero-order valence-electron chi connectivity index (χ0n) is 19.9. The highest BCUT2D eigenvalue weighted by molar-refractivity contribution is 9.10. The average Bonchev–Trinajstić information content (AvgIpc) is 3.59. The van der Waals surface area contributed by atoms with Crippen LogP contribution in [0, 0.1) is 0 Å². The van der Waals surface area contributed by atoms with E-state index in [0.717, 1.165) is 27.8 Å². The molecule has 3 aromatic rings. The largest absolute Gasteiger partial charge is 0.493 e. The fourth-order valence-electron chi connectivity index (χ4n) is 3.94. The van der Waals surface area contributed by atoms with Crippen LogP contribution in [-0.4, -0.2) is 55.0 Å². The molecular weight excluding hydrogens is 528 g/mol. The number of thiophene rings is 1. The Hall–Kier alpha value is -2.84. The first-order valence-electron chi connectivity index (χ1n) is 11.6. The lowest BCUT2D eigenvalue weighted by Crippen LogP contribution is -2.44. The molecule has 1 saturated carbocycles. The molecule has 0 atom stereocenters. The molecule has 0 saturated heterocycles. The van der Waals surface area contributed by atoms with Crippen LogP contribution >= 0.6 is 27.3 Å². The normalized spacial score (nSPS) is 12.8. The summed E-state index contributed by atoms with van der Waals surface area (Å²) in [6, 6.07) is 17.3. The van der Waals surface area contributed by atoms with Crippen LogP contribution in [0.25, 0.3) is 0 Å². The Morgan fingerprint density at radius 2 is 1.77 bits per heavy atom. The highest BCUT2D eigenvalue weighted by Gasteiger charge is 2.35. The van der Waals surface area contributed by atoms with Gasteiger partial charge in [-0.15, -0.1) is 11.3 Å². The molecule has 0 aliphatic heterocycles. The number of carbonyl (C=O) groups excluding carboxylic acids is 2. The molecule has 6 nitrogen and oxygen atoms in total. The summed E-state index contributed by atoms with van der Waals surface area (Å²) in [5, 5.41) is 2.01. The number of ether oxygens (including phenoxy) is 2. The Labute approximate surface area is 218 Å². The molecule has 1 aliphatic carbocycles. The van der Waals surface area contributed by atoms with Crippen LogP contribution in [0.4, 0.5) is 0 Å². The summed E-state index contributed by atoms with van der Waals surface area (Å²) < 4.78 is 11.7. The highest BCUT2D eigenvalue weighted by atomic mass is 79.9. The zero-order valence-corrected chi connectivity index (χ0v) is 22.3. The second-order valence-corrected chi connectivity index (χ2v) is 10.5. The molecule has 1 aromatic heterocycles. The molecule has 2 aromatic carbocycles. The first-order chi connectivity index (χ1) is 17.0. The van der Waals surface area contributed by atoms with Crippen LogP contribution in [0.5, 0.6) is 11.5 Å². The van der Waals surface area contributed by atoms with E-state index < -0.39 is 0 Å². The molecule has 1 aliphatic rings. The SMILES string of the molecule is COc1ccc(CCN(Cc2cccs2)C(=O)CN(C(=O)c2ccc(Br)cc2)C2CC2)cc1OC.